The van der Waals surface area contributed by atoms with E-state index in [1.165, 1.54) is 16.3 Å². The number of benzene rings is 2. The fraction of sp³-hybridized carbons (Fsp3) is 0.214. The lowest BCUT2D eigenvalue weighted by Gasteiger charge is -2.04. The third-order valence-electron chi connectivity index (χ3n) is 2.63. The minimum Gasteiger partial charge on any atom is -0.310 e. The Hall–Kier alpha value is -1.67. The number of hydrogen-bond donors (Lipinski definition) is 1. The predicted molar refractivity (Wildman–Crippen MR) is 66.6 cm³/mol. The molecule has 0 heterocycles. The monoisotopic (exact) mass is 213 g/mol. The number of aldehydes is 1. The first-order valence-corrected chi connectivity index (χ1v) is 5.52. The van der Waals surface area contributed by atoms with Gasteiger partial charge in [0.05, 0.1) is 6.54 Å². The van der Waals surface area contributed by atoms with Gasteiger partial charge in [0.15, 0.2) is 0 Å². The summed E-state index contributed by atoms with van der Waals surface area (Å²) < 4.78 is 0. The summed E-state index contributed by atoms with van der Waals surface area (Å²) >= 11 is 0. The molecule has 0 fully saturated rings. The van der Waals surface area contributed by atoms with E-state index in [1.54, 1.807) is 0 Å². The molecular weight excluding hydrogens is 198 g/mol. The molecular formula is C14H15NO. The molecule has 1 N–H and O–H groups in total. The maximum absolute atomic E-state index is 10.1. The van der Waals surface area contributed by atoms with Crippen LogP contribution in [0.4, 0.5) is 0 Å². The van der Waals surface area contributed by atoms with Gasteiger partial charge in [0.2, 0.25) is 0 Å². The summed E-state index contributed by atoms with van der Waals surface area (Å²) in [5.74, 6) is 0. The number of carbonyl (C=O) groups is 1. The highest BCUT2D eigenvalue weighted by Gasteiger charge is 1.95. The van der Waals surface area contributed by atoms with Crippen LogP contribution in [0.3, 0.4) is 0 Å². The molecule has 0 aliphatic rings. The zero-order chi connectivity index (χ0) is 11.2. The quantitative estimate of drug-likeness (QED) is 0.609. The molecule has 0 saturated carbocycles. The molecule has 0 aromatic heterocycles. The highest BCUT2D eigenvalue weighted by Crippen LogP contribution is 2.15. The molecule has 0 amide bonds. The van der Waals surface area contributed by atoms with Crippen LogP contribution in [0.25, 0.3) is 10.8 Å². The van der Waals surface area contributed by atoms with Crippen LogP contribution >= 0.6 is 0 Å². The molecule has 0 unspecified atom stereocenters. The molecule has 0 atom stereocenters. The van der Waals surface area contributed by atoms with Gasteiger partial charge in [-0.05, 0) is 29.3 Å². The van der Waals surface area contributed by atoms with Crippen LogP contribution in [0, 0.1) is 0 Å². The molecule has 2 aromatic carbocycles. The second-order valence-electron chi connectivity index (χ2n) is 3.80. The van der Waals surface area contributed by atoms with E-state index in [0.717, 1.165) is 19.3 Å². The second kappa shape index (κ2) is 5.42. The molecule has 0 aliphatic carbocycles. The van der Waals surface area contributed by atoms with Gasteiger partial charge in [-0.2, -0.15) is 0 Å². The first kappa shape index (κ1) is 10.8. The van der Waals surface area contributed by atoms with E-state index < -0.39 is 0 Å². The van der Waals surface area contributed by atoms with E-state index in [1.807, 2.05) is 6.07 Å². The van der Waals surface area contributed by atoms with Crippen molar-refractivity contribution in [1.82, 2.24) is 5.32 Å². The minimum atomic E-state index is 0.438. The topological polar surface area (TPSA) is 29.1 Å². The maximum Gasteiger partial charge on any atom is 0.133 e. The fourth-order valence-corrected chi connectivity index (χ4v) is 1.79. The van der Waals surface area contributed by atoms with Crippen molar-refractivity contribution >= 4 is 17.1 Å². The Bertz CT molecular complexity index is 479. The van der Waals surface area contributed by atoms with Crippen LogP contribution in [0.2, 0.25) is 0 Å². The van der Waals surface area contributed by atoms with Crippen LogP contribution in [-0.4, -0.2) is 19.4 Å². The minimum absolute atomic E-state index is 0.438. The van der Waals surface area contributed by atoms with Gasteiger partial charge >= 0.3 is 0 Å². The molecule has 0 radical (unpaired) electrons. The number of nitrogens with one attached hydrogen (secondary N) is 1. The Balaban J connectivity index is 2.05. The zero-order valence-corrected chi connectivity index (χ0v) is 9.15. The van der Waals surface area contributed by atoms with E-state index >= 15 is 0 Å². The summed E-state index contributed by atoms with van der Waals surface area (Å²) in [6, 6.07) is 14.8. The molecule has 0 aliphatic heterocycles. The summed E-state index contributed by atoms with van der Waals surface area (Å²) in [4.78, 5) is 10.1. The van der Waals surface area contributed by atoms with Gasteiger partial charge in [0.25, 0.3) is 0 Å². The maximum atomic E-state index is 10.1. The highest BCUT2D eigenvalue weighted by atomic mass is 16.1. The van der Waals surface area contributed by atoms with Gasteiger partial charge in [-0.25, -0.2) is 0 Å². The summed E-state index contributed by atoms with van der Waals surface area (Å²) in [7, 11) is 0. The van der Waals surface area contributed by atoms with Crippen molar-refractivity contribution in [2.45, 2.75) is 6.42 Å². The van der Waals surface area contributed by atoms with E-state index in [9.17, 15) is 4.79 Å². The van der Waals surface area contributed by atoms with Gasteiger partial charge in [0, 0.05) is 0 Å². The third kappa shape index (κ3) is 2.67. The third-order valence-corrected chi connectivity index (χ3v) is 2.63. The van der Waals surface area contributed by atoms with Crippen LogP contribution in [0.5, 0.6) is 0 Å². The smallest absolute Gasteiger partial charge is 0.133 e. The Kier molecular flexibility index (Phi) is 3.67. The zero-order valence-electron chi connectivity index (χ0n) is 9.15. The molecule has 82 valence electrons. The van der Waals surface area contributed by atoms with Gasteiger partial charge in [-0.15, -0.1) is 0 Å². The van der Waals surface area contributed by atoms with Crippen LogP contribution < -0.4 is 5.32 Å². The van der Waals surface area contributed by atoms with Crippen molar-refractivity contribution in [1.29, 1.82) is 0 Å². The van der Waals surface area contributed by atoms with Crippen LogP contribution in [0.1, 0.15) is 5.56 Å². The normalized spacial score (nSPS) is 10.5. The first-order chi connectivity index (χ1) is 7.90. The van der Waals surface area contributed by atoms with E-state index in [2.05, 4.69) is 41.7 Å². The highest BCUT2D eigenvalue weighted by molar-refractivity contribution is 5.82. The van der Waals surface area contributed by atoms with Gasteiger partial charge in [-0.1, -0.05) is 42.5 Å². The standard InChI is InChI=1S/C14H15NO/c16-10-9-15-8-7-12-5-6-13-3-1-2-4-14(13)11-12/h1-6,10-11,15H,7-9H2. The number of hydrogen-bond acceptors (Lipinski definition) is 2. The molecule has 0 spiro atoms. The predicted octanol–water partition coefficient (Wildman–Crippen LogP) is 2.17. The van der Waals surface area contributed by atoms with E-state index in [4.69, 9.17) is 0 Å². The van der Waals surface area contributed by atoms with Gasteiger partial charge in [0.1, 0.15) is 6.29 Å². The van der Waals surface area contributed by atoms with Crippen LogP contribution in [0.15, 0.2) is 42.5 Å². The summed E-state index contributed by atoms with van der Waals surface area (Å²) in [6.45, 7) is 1.28. The Morgan fingerprint density at radius 2 is 1.88 bits per heavy atom. The first-order valence-electron chi connectivity index (χ1n) is 5.52. The number of rotatable bonds is 5. The summed E-state index contributed by atoms with van der Waals surface area (Å²) in [6.07, 6.45) is 1.85. The second-order valence-corrected chi connectivity index (χ2v) is 3.80. The van der Waals surface area contributed by atoms with Crippen molar-refractivity contribution in [2.24, 2.45) is 0 Å². The Labute approximate surface area is 95.3 Å². The summed E-state index contributed by atoms with van der Waals surface area (Å²) in [5.41, 5.74) is 1.30. The van der Waals surface area contributed by atoms with Gasteiger partial charge < -0.3 is 10.1 Å². The average molecular weight is 213 g/mol. The van der Waals surface area contributed by atoms with Crippen molar-refractivity contribution in [2.75, 3.05) is 13.1 Å². The number of fused-ring (bicyclic) bond motifs is 1. The van der Waals surface area contributed by atoms with Crippen molar-refractivity contribution in [3.05, 3.63) is 48.0 Å². The van der Waals surface area contributed by atoms with Crippen molar-refractivity contribution in [3.63, 3.8) is 0 Å². The molecule has 2 rings (SSSR count). The largest absolute Gasteiger partial charge is 0.310 e. The lowest BCUT2D eigenvalue weighted by molar-refractivity contribution is -0.107. The van der Waals surface area contributed by atoms with E-state index in [-0.39, 0.29) is 0 Å². The fourth-order valence-electron chi connectivity index (χ4n) is 1.79. The van der Waals surface area contributed by atoms with Gasteiger partial charge in [-0.3, -0.25) is 0 Å². The average Bonchev–Trinajstić information content (AvgIpc) is 2.34. The van der Waals surface area contributed by atoms with Crippen molar-refractivity contribution < 1.29 is 4.79 Å². The van der Waals surface area contributed by atoms with E-state index in [0.29, 0.717) is 6.54 Å². The SMILES string of the molecule is O=CCNCCc1ccc2ccccc2c1. The molecule has 2 aromatic rings. The van der Waals surface area contributed by atoms with Crippen molar-refractivity contribution in [3.8, 4) is 0 Å². The number of carbonyl (C=O) groups excluding carboxylic acids is 1. The molecule has 2 nitrogen and oxygen atoms in total. The molecule has 2 heteroatoms. The van der Waals surface area contributed by atoms with Crippen LogP contribution in [-0.2, 0) is 11.2 Å². The molecule has 0 saturated heterocycles. The Morgan fingerprint density at radius 1 is 1.06 bits per heavy atom. The molecule has 16 heavy (non-hydrogen) atoms. The Morgan fingerprint density at radius 3 is 2.69 bits per heavy atom. The lowest BCUT2D eigenvalue weighted by atomic mass is 10.1. The molecule has 0 bridgehead atoms. The lowest BCUT2D eigenvalue weighted by Crippen LogP contribution is -2.19. The summed E-state index contributed by atoms with van der Waals surface area (Å²) in [5, 5.41) is 5.61.